The fourth-order valence-corrected chi connectivity index (χ4v) is 1.76. The zero-order chi connectivity index (χ0) is 14.4. The van der Waals surface area contributed by atoms with Gasteiger partial charge in [0.05, 0.1) is 6.54 Å². The van der Waals surface area contributed by atoms with Crippen molar-refractivity contribution in [2.24, 2.45) is 0 Å². The smallest absolute Gasteiger partial charge is 0.241 e. The first-order chi connectivity index (χ1) is 9.66. The molecule has 0 bridgehead atoms. The number of nitrogens with one attached hydrogen (secondary N) is 1. The summed E-state index contributed by atoms with van der Waals surface area (Å²) in [5.41, 5.74) is 1.05. The van der Waals surface area contributed by atoms with Gasteiger partial charge in [-0.25, -0.2) is 9.37 Å². The Morgan fingerprint density at radius 3 is 2.70 bits per heavy atom. The van der Waals surface area contributed by atoms with Gasteiger partial charge in [0, 0.05) is 19.8 Å². The van der Waals surface area contributed by atoms with Gasteiger partial charge in [-0.1, -0.05) is 30.3 Å². The van der Waals surface area contributed by atoms with E-state index in [0.29, 0.717) is 6.54 Å². The lowest BCUT2D eigenvalue weighted by Gasteiger charge is -2.17. The number of hydrogen-bond donors (Lipinski definition) is 1. The van der Waals surface area contributed by atoms with Crippen LogP contribution in [-0.4, -0.2) is 29.4 Å². The van der Waals surface area contributed by atoms with Gasteiger partial charge in [-0.05, 0) is 17.7 Å². The molecule has 0 saturated carbocycles. The van der Waals surface area contributed by atoms with Crippen LogP contribution in [0, 0.1) is 5.82 Å². The minimum atomic E-state index is -0.467. The lowest BCUT2D eigenvalue weighted by Crippen LogP contribution is -2.32. The van der Waals surface area contributed by atoms with Gasteiger partial charge in [0.2, 0.25) is 5.91 Å². The highest BCUT2D eigenvalue weighted by molar-refractivity contribution is 5.80. The van der Waals surface area contributed by atoms with Crippen LogP contribution >= 0.6 is 0 Å². The maximum atomic E-state index is 13.3. The third kappa shape index (κ3) is 3.78. The van der Waals surface area contributed by atoms with Crippen LogP contribution in [0.5, 0.6) is 0 Å². The molecule has 1 heterocycles. The minimum absolute atomic E-state index is 0.0112. The summed E-state index contributed by atoms with van der Waals surface area (Å²) in [6, 6.07) is 12.5. The molecule has 0 aliphatic carbocycles. The Bertz CT molecular complexity index is 574. The number of aromatic nitrogens is 1. The van der Waals surface area contributed by atoms with Crippen molar-refractivity contribution in [3.8, 4) is 0 Å². The van der Waals surface area contributed by atoms with E-state index in [1.165, 1.54) is 18.3 Å². The summed E-state index contributed by atoms with van der Waals surface area (Å²) in [6.45, 7) is 0.531. The zero-order valence-electron chi connectivity index (χ0n) is 11.2. The zero-order valence-corrected chi connectivity index (χ0v) is 11.2. The molecule has 104 valence electrons. The molecule has 0 aliphatic rings. The van der Waals surface area contributed by atoms with Crippen molar-refractivity contribution in [2.45, 2.75) is 6.54 Å². The number of nitrogens with zero attached hydrogens (tertiary/aromatic N) is 2. The summed E-state index contributed by atoms with van der Waals surface area (Å²) >= 11 is 0. The number of halogens is 1. The van der Waals surface area contributed by atoms with Crippen LogP contribution in [0.15, 0.2) is 48.7 Å². The van der Waals surface area contributed by atoms with Gasteiger partial charge in [0.15, 0.2) is 11.6 Å². The standard InChI is InChI=1S/C15H16FN3O/c1-19(11-12-6-3-2-4-7-12)14(20)10-18-15-13(16)8-5-9-17-15/h2-9H,10-11H2,1H3,(H,17,18). The maximum absolute atomic E-state index is 13.3. The van der Waals surface area contributed by atoms with E-state index in [2.05, 4.69) is 10.3 Å². The summed E-state index contributed by atoms with van der Waals surface area (Å²) in [7, 11) is 1.71. The van der Waals surface area contributed by atoms with Crippen LogP contribution in [0.3, 0.4) is 0 Å². The fourth-order valence-electron chi connectivity index (χ4n) is 1.76. The highest BCUT2D eigenvalue weighted by Gasteiger charge is 2.10. The molecule has 20 heavy (non-hydrogen) atoms. The van der Waals surface area contributed by atoms with Crippen LogP contribution in [0.1, 0.15) is 5.56 Å². The molecule has 1 amide bonds. The van der Waals surface area contributed by atoms with Crippen LogP contribution in [-0.2, 0) is 11.3 Å². The Kier molecular flexibility index (Phi) is 4.65. The normalized spacial score (nSPS) is 10.1. The molecule has 0 aliphatic heterocycles. The lowest BCUT2D eigenvalue weighted by atomic mass is 10.2. The summed E-state index contributed by atoms with van der Waals surface area (Å²) in [5.74, 6) is -0.501. The molecule has 0 saturated heterocycles. The minimum Gasteiger partial charge on any atom is -0.359 e. The van der Waals surface area contributed by atoms with E-state index < -0.39 is 5.82 Å². The topological polar surface area (TPSA) is 45.2 Å². The molecule has 1 aromatic carbocycles. The van der Waals surface area contributed by atoms with E-state index in [0.717, 1.165) is 5.56 Å². The number of likely N-dealkylation sites (N-methyl/N-ethyl adjacent to an activating group) is 1. The Morgan fingerprint density at radius 2 is 2.00 bits per heavy atom. The van der Waals surface area contributed by atoms with E-state index in [-0.39, 0.29) is 18.3 Å². The quantitative estimate of drug-likeness (QED) is 0.909. The number of hydrogen-bond acceptors (Lipinski definition) is 3. The molecule has 1 N–H and O–H groups in total. The first-order valence-electron chi connectivity index (χ1n) is 6.29. The van der Waals surface area contributed by atoms with E-state index in [9.17, 15) is 9.18 Å². The fraction of sp³-hybridized carbons (Fsp3) is 0.200. The molecule has 2 aromatic rings. The van der Waals surface area contributed by atoms with Gasteiger partial charge < -0.3 is 10.2 Å². The lowest BCUT2D eigenvalue weighted by molar-refractivity contribution is -0.128. The third-order valence-electron chi connectivity index (χ3n) is 2.85. The molecule has 0 unspecified atom stereocenters. The Morgan fingerprint density at radius 1 is 1.25 bits per heavy atom. The molecular formula is C15H16FN3O. The highest BCUT2D eigenvalue weighted by Crippen LogP contribution is 2.08. The van der Waals surface area contributed by atoms with Crippen molar-refractivity contribution in [1.82, 2.24) is 9.88 Å². The van der Waals surface area contributed by atoms with Gasteiger partial charge >= 0.3 is 0 Å². The summed E-state index contributed by atoms with van der Waals surface area (Å²) in [5, 5.41) is 2.70. The van der Waals surface area contributed by atoms with Gasteiger partial charge in [0.25, 0.3) is 0 Å². The number of anilines is 1. The molecule has 2 rings (SSSR count). The first kappa shape index (κ1) is 14.0. The second-order valence-electron chi connectivity index (χ2n) is 4.42. The predicted octanol–water partition coefficient (Wildman–Crippen LogP) is 2.29. The number of amides is 1. The molecule has 5 heteroatoms. The van der Waals surface area contributed by atoms with E-state index in [1.54, 1.807) is 11.9 Å². The Hall–Kier alpha value is -2.43. The highest BCUT2D eigenvalue weighted by atomic mass is 19.1. The van der Waals surface area contributed by atoms with Crippen molar-refractivity contribution in [2.75, 3.05) is 18.9 Å². The second kappa shape index (κ2) is 6.65. The number of pyridine rings is 1. The number of rotatable bonds is 5. The van der Waals surface area contributed by atoms with E-state index >= 15 is 0 Å². The maximum Gasteiger partial charge on any atom is 0.241 e. The van der Waals surface area contributed by atoms with E-state index in [1.807, 2.05) is 30.3 Å². The van der Waals surface area contributed by atoms with Crippen LogP contribution in [0.2, 0.25) is 0 Å². The Balaban J connectivity index is 1.87. The largest absolute Gasteiger partial charge is 0.359 e. The van der Waals surface area contributed by atoms with Gasteiger partial charge in [-0.15, -0.1) is 0 Å². The predicted molar refractivity (Wildman–Crippen MR) is 75.6 cm³/mol. The average Bonchev–Trinajstić information content (AvgIpc) is 2.47. The SMILES string of the molecule is CN(Cc1ccccc1)C(=O)CNc1ncccc1F. The molecule has 4 nitrogen and oxygen atoms in total. The Labute approximate surface area is 117 Å². The summed E-state index contributed by atoms with van der Waals surface area (Å²) in [6.07, 6.45) is 1.48. The van der Waals surface area contributed by atoms with Crippen molar-refractivity contribution in [3.05, 3.63) is 60.0 Å². The number of carbonyl (C=O) groups excluding carboxylic acids is 1. The van der Waals surface area contributed by atoms with Crippen molar-refractivity contribution in [1.29, 1.82) is 0 Å². The summed E-state index contributed by atoms with van der Waals surface area (Å²) < 4.78 is 13.3. The van der Waals surface area contributed by atoms with E-state index in [4.69, 9.17) is 0 Å². The van der Waals surface area contributed by atoms with Crippen LogP contribution < -0.4 is 5.32 Å². The second-order valence-corrected chi connectivity index (χ2v) is 4.42. The van der Waals surface area contributed by atoms with Crippen molar-refractivity contribution < 1.29 is 9.18 Å². The molecular weight excluding hydrogens is 257 g/mol. The molecule has 0 atom stereocenters. The number of carbonyl (C=O) groups is 1. The van der Waals surface area contributed by atoms with Gasteiger partial charge in [-0.2, -0.15) is 0 Å². The van der Waals surface area contributed by atoms with Gasteiger partial charge in [-0.3, -0.25) is 4.79 Å². The molecule has 0 spiro atoms. The third-order valence-corrected chi connectivity index (χ3v) is 2.85. The van der Waals surface area contributed by atoms with Crippen LogP contribution in [0.25, 0.3) is 0 Å². The number of benzene rings is 1. The summed E-state index contributed by atoms with van der Waals surface area (Å²) in [4.78, 5) is 17.4. The van der Waals surface area contributed by atoms with Crippen molar-refractivity contribution in [3.63, 3.8) is 0 Å². The molecule has 0 radical (unpaired) electrons. The van der Waals surface area contributed by atoms with Gasteiger partial charge in [0.1, 0.15) is 0 Å². The van der Waals surface area contributed by atoms with Crippen LogP contribution in [0.4, 0.5) is 10.2 Å². The van der Waals surface area contributed by atoms with Crippen molar-refractivity contribution >= 4 is 11.7 Å². The molecule has 1 aromatic heterocycles. The molecule has 0 fully saturated rings. The monoisotopic (exact) mass is 273 g/mol. The first-order valence-corrected chi connectivity index (χ1v) is 6.29. The average molecular weight is 273 g/mol.